The smallest absolute Gasteiger partial charge is 0.237 e. The third-order valence-corrected chi connectivity index (χ3v) is 4.60. The molecule has 2 aromatic rings. The molecule has 0 bridgehead atoms. The number of anilines is 2. The molecule has 0 saturated heterocycles. The van der Waals surface area contributed by atoms with Gasteiger partial charge in [-0.3, -0.25) is 9.59 Å². The van der Waals surface area contributed by atoms with Gasteiger partial charge in [0.05, 0.1) is 10.3 Å². The van der Waals surface area contributed by atoms with E-state index in [1.165, 1.54) is 18.7 Å². The lowest BCUT2D eigenvalue weighted by molar-refractivity contribution is -0.115. The van der Waals surface area contributed by atoms with Crippen LogP contribution in [0.3, 0.4) is 0 Å². The van der Waals surface area contributed by atoms with Crippen LogP contribution in [0.5, 0.6) is 0 Å². The number of halogens is 1. The molecule has 0 aliphatic heterocycles. The maximum absolute atomic E-state index is 12.2. The van der Waals surface area contributed by atoms with Gasteiger partial charge in [0.25, 0.3) is 0 Å². The van der Waals surface area contributed by atoms with Crippen LogP contribution in [-0.2, 0) is 9.59 Å². The Balaban J connectivity index is 1.95. The predicted octanol–water partition coefficient (Wildman–Crippen LogP) is 4.42. The SMILES string of the molecule is CC(=O)Nc1ccc(NC(=O)[C@@H](C)Sc2ccccc2Cl)cc1. The van der Waals surface area contributed by atoms with Crippen molar-refractivity contribution in [1.29, 1.82) is 0 Å². The normalized spacial score (nSPS) is 11.6. The van der Waals surface area contributed by atoms with Crippen molar-refractivity contribution in [3.63, 3.8) is 0 Å². The molecule has 0 spiro atoms. The van der Waals surface area contributed by atoms with Crippen molar-refractivity contribution in [2.24, 2.45) is 0 Å². The van der Waals surface area contributed by atoms with Gasteiger partial charge in [0.15, 0.2) is 0 Å². The number of carbonyl (C=O) groups excluding carboxylic acids is 2. The standard InChI is InChI=1S/C17H17ClN2O2S/c1-11(23-16-6-4-3-5-15(16)18)17(22)20-14-9-7-13(8-10-14)19-12(2)21/h3-11H,1-2H3,(H,19,21)(H,20,22)/t11-/m1/s1. The summed E-state index contributed by atoms with van der Waals surface area (Å²) in [5.41, 5.74) is 1.37. The maximum Gasteiger partial charge on any atom is 0.237 e. The van der Waals surface area contributed by atoms with Crippen LogP contribution < -0.4 is 10.6 Å². The Bertz CT molecular complexity index is 704. The summed E-state index contributed by atoms with van der Waals surface area (Å²) in [4.78, 5) is 24.1. The quantitative estimate of drug-likeness (QED) is 0.786. The molecule has 2 N–H and O–H groups in total. The molecule has 0 saturated carbocycles. The molecular weight excluding hydrogens is 332 g/mol. The van der Waals surface area contributed by atoms with E-state index in [0.717, 1.165) is 4.90 Å². The molecule has 2 aromatic carbocycles. The summed E-state index contributed by atoms with van der Waals surface area (Å²) in [6.07, 6.45) is 0. The summed E-state index contributed by atoms with van der Waals surface area (Å²) < 4.78 is 0. The third-order valence-electron chi connectivity index (χ3n) is 2.98. The molecule has 0 unspecified atom stereocenters. The minimum absolute atomic E-state index is 0.109. The fourth-order valence-corrected chi connectivity index (χ4v) is 3.02. The summed E-state index contributed by atoms with van der Waals surface area (Å²) in [6.45, 7) is 3.28. The van der Waals surface area contributed by atoms with Crippen LogP contribution >= 0.6 is 23.4 Å². The molecule has 2 amide bonds. The number of amides is 2. The molecule has 6 heteroatoms. The van der Waals surface area contributed by atoms with E-state index in [0.29, 0.717) is 16.4 Å². The number of hydrogen-bond donors (Lipinski definition) is 2. The minimum atomic E-state index is -0.287. The number of benzene rings is 2. The zero-order valence-corrected chi connectivity index (χ0v) is 14.4. The molecule has 23 heavy (non-hydrogen) atoms. The van der Waals surface area contributed by atoms with Gasteiger partial charge in [0, 0.05) is 23.2 Å². The summed E-state index contributed by atoms with van der Waals surface area (Å²) in [7, 11) is 0. The van der Waals surface area contributed by atoms with Crippen molar-refractivity contribution in [3.05, 3.63) is 53.6 Å². The molecule has 0 aromatic heterocycles. The van der Waals surface area contributed by atoms with E-state index in [-0.39, 0.29) is 17.1 Å². The number of carbonyl (C=O) groups is 2. The second-order valence-corrected chi connectivity index (χ2v) is 6.73. The second kappa shape index (κ2) is 8.04. The van der Waals surface area contributed by atoms with Crippen molar-refractivity contribution >= 4 is 46.6 Å². The highest BCUT2D eigenvalue weighted by molar-refractivity contribution is 8.00. The van der Waals surface area contributed by atoms with Gasteiger partial charge in [0.2, 0.25) is 11.8 Å². The fourth-order valence-electron chi connectivity index (χ4n) is 1.87. The van der Waals surface area contributed by atoms with Crippen LogP contribution in [0.1, 0.15) is 13.8 Å². The zero-order chi connectivity index (χ0) is 16.8. The van der Waals surface area contributed by atoms with E-state index in [9.17, 15) is 9.59 Å². The second-order valence-electron chi connectivity index (χ2n) is 4.94. The Morgan fingerprint density at radius 1 is 1.00 bits per heavy atom. The number of hydrogen-bond acceptors (Lipinski definition) is 3. The van der Waals surface area contributed by atoms with Gasteiger partial charge < -0.3 is 10.6 Å². The molecule has 0 aliphatic rings. The summed E-state index contributed by atoms with van der Waals surface area (Å²) >= 11 is 7.51. The van der Waals surface area contributed by atoms with Crippen molar-refractivity contribution in [3.8, 4) is 0 Å². The molecule has 1 atom stereocenters. The lowest BCUT2D eigenvalue weighted by Crippen LogP contribution is -2.22. The summed E-state index contributed by atoms with van der Waals surface area (Å²) in [5, 5.41) is 5.87. The first-order valence-electron chi connectivity index (χ1n) is 7.05. The van der Waals surface area contributed by atoms with Gasteiger partial charge in [-0.2, -0.15) is 0 Å². The highest BCUT2D eigenvalue weighted by Gasteiger charge is 2.15. The van der Waals surface area contributed by atoms with Crippen LogP contribution in [0.2, 0.25) is 5.02 Å². The van der Waals surface area contributed by atoms with Crippen molar-refractivity contribution < 1.29 is 9.59 Å². The van der Waals surface area contributed by atoms with Gasteiger partial charge >= 0.3 is 0 Å². The third kappa shape index (κ3) is 5.30. The van der Waals surface area contributed by atoms with Gasteiger partial charge in [-0.1, -0.05) is 23.7 Å². The van der Waals surface area contributed by atoms with Crippen LogP contribution in [-0.4, -0.2) is 17.1 Å². The molecule has 4 nitrogen and oxygen atoms in total. The first-order valence-corrected chi connectivity index (χ1v) is 8.31. The molecule has 2 rings (SSSR count). The summed E-state index contributed by atoms with van der Waals surface area (Å²) in [5.74, 6) is -0.242. The Labute approximate surface area is 144 Å². The van der Waals surface area contributed by atoms with E-state index >= 15 is 0 Å². The predicted molar refractivity (Wildman–Crippen MR) is 96.1 cm³/mol. The van der Waals surface area contributed by atoms with Gasteiger partial charge in [-0.25, -0.2) is 0 Å². The molecule has 0 radical (unpaired) electrons. The Morgan fingerprint density at radius 2 is 1.57 bits per heavy atom. The van der Waals surface area contributed by atoms with Crippen molar-refractivity contribution in [2.45, 2.75) is 24.0 Å². The topological polar surface area (TPSA) is 58.2 Å². The number of thioether (sulfide) groups is 1. The van der Waals surface area contributed by atoms with E-state index in [4.69, 9.17) is 11.6 Å². The molecule has 120 valence electrons. The van der Waals surface area contributed by atoms with E-state index < -0.39 is 0 Å². The highest BCUT2D eigenvalue weighted by Crippen LogP contribution is 2.30. The Morgan fingerprint density at radius 3 is 2.13 bits per heavy atom. The molecular formula is C17H17ClN2O2S. The van der Waals surface area contributed by atoms with Crippen LogP contribution in [0.25, 0.3) is 0 Å². The number of nitrogens with one attached hydrogen (secondary N) is 2. The Hall–Kier alpha value is -1.98. The molecule has 0 fully saturated rings. The zero-order valence-electron chi connectivity index (χ0n) is 12.8. The Kier molecular flexibility index (Phi) is 6.07. The largest absolute Gasteiger partial charge is 0.326 e. The van der Waals surface area contributed by atoms with Crippen molar-refractivity contribution in [2.75, 3.05) is 10.6 Å². The highest BCUT2D eigenvalue weighted by atomic mass is 35.5. The van der Waals surface area contributed by atoms with Crippen molar-refractivity contribution in [1.82, 2.24) is 0 Å². The van der Waals surface area contributed by atoms with E-state index in [2.05, 4.69) is 10.6 Å². The first kappa shape index (κ1) is 17.4. The monoisotopic (exact) mass is 348 g/mol. The lowest BCUT2D eigenvalue weighted by atomic mass is 10.2. The first-order chi connectivity index (χ1) is 11.0. The van der Waals surface area contributed by atoms with Gasteiger partial charge in [-0.05, 0) is 43.3 Å². The summed E-state index contributed by atoms with van der Waals surface area (Å²) in [6, 6.07) is 14.4. The average molecular weight is 349 g/mol. The molecule has 0 heterocycles. The maximum atomic E-state index is 12.2. The number of rotatable bonds is 5. The van der Waals surface area contributed by atoms with Crippen LogP contribution in [0.4, 0.5) is 11.4 Å². The molecule has 0 aliphatic carbocycles. The van der Waals surface area contributed by atoms with Gasteiger partial charge in [-0.15, -0.1) is 11.8 Å². The average Bonchev–Trinajstić information content (AvgIpc) is 2.51. The lowest BCUT2D eigenvalue weighted by Gasteiger charge is -2.13. The van der Waals surface area contributed by atoms with E-state index in [1.54, 1.807) is 30.3 Å². The van der Waals surface area contributed by atoms with E-state index in [1.807, 2.05) is 25.1 Å². The van der Waals surface area contributed by atoms with Gasteiger partial charge in [0.1, 0.15) is 0 Å². The van der Waals surface area contributed by atoms with Crippen LogP contribution in [0.15, 0.2) is 53.4 Å². The van der Waals surface area contributed by atoms with Crippen LogP contribution in [0, 0.1) is 0 Å². The fraction of sp³-hybridized carbons (Fsp3) is 0.176. The minimum Gasteiger partial charge on any atom is -0.326 e.